The quantitative estimate of drug-likeness (QED) is 0.592. The molecule has 0 N–H and O–H groups in total. The van der Waals surface area contributed by atoms with Crippen molar-refractivity contribution < 1.29 is 0 Å². The van der Waals surface area contributed by atoms with Gasteiger partial charge >= 0.3 is 0 Å². The Kier molecular flexibility index (Phi) is 5.58. The SMILES string of the molecule is CC(C)CC=Nc1c(C(C)C)cccc1C(C)C. The number of benzene rings is 1. The molecule has 0 aliphatic carbocycles. The average Bonchev–Trinajstić information content (AvgIpc) is 2.28. The number of hydrogen-bond acceptors (Lipinski definition) is 1. The van der Waals surface area contributed by atoms with Crippen LogP contribution in [0, 0.1) is 5.92 Å². The summed E-state index contributed by atoms with van der Waals surface area (Å²) in [4.78, 5) is 4.76. The van der Waals surface area contributed by atoms with Crippen molar-refractivity contribution in [1.29, 1.82) is 0 Å². The molecule has 1 nitrogen and oxygen atoms in total. The maximum atomic E-state index is 4.76. The van der Waals surface area contributed by atoms with Gasteiger partial charge in [-0.2, -0.15) is 0 Å². The summed E-state index contributed by atoms with van der Waals surface area (Å²) in [6.07, 6.45) is 3.13. The smallest absolute Gasteiger partial charge is 0.0694 e. The fraction of sp³-hybridized carbons (Fsp3) is 0.588. The first kappa shape index (κ1) is 14.9. The van der Waals surface area contributed by atoms with Crippen LogP contribution in [0.2, 0.25) is 0 Å². The van der Waals surface area contributed by atoms with Crippen LogP contribution in [-0.2, 0) is 0 Å². The molecule has 0 bridgehead atoms. The molecule has 0 aliphatic rings. The van der Waals surface area contributed by atoms with Crippen molar-refractivity contribution in [2.75, 3.05) is 0 Å². The van der Waals surface area contributed by atoms with Gasteiger partial charge in [0.1, 0.15) is 0 Å². The predicted octanol–water partition coefficient (Wildman–Crippen LogP) is 5.68. The average molecular weight is 245 g/mol. The maximum Gasteiger partial charge on any atom is 0.0694 e. The van der Waals surface area contributed by atoms with Crippen LogP contribution in [0.5, 0.6) is 0 Å². The van der Waals surface area contributed by atoms with E-state index < -0.39 is 0 Å². The Labute approximate surface area is 112 Å². The molecule has 0 atom stereocenters. The highest BCUT2D eigenvalue weighted by Gasteiger charge is 2.12. The zero-order valence-electron chi connectivity index (χ0n) is 12.7. The molecule has 0 heterocycles. The van der Waals surface area contributed by atoms with Gasteiger partial charge in [-0.15, -0.1) is 0 Å². The first-order valence-corrected chi connectivity index (χ1v) is 7.08. The molecule has 0 fully saturated rings. The van der Waals surface area contributed by atoms with Crippen molar-refractivity contribution in [2.45, 2.75) is 59.8 Å². The second kappa shape index (κ2) is 6.72. The summed E-state index contributed by atoms with van der Waals surface area (Å²) >= 11 is 0. The molecule has 1 aromatic carbocycles. The van der Waals surface area contributed by atoms with Gasteiger partial charge in [0.25, 0.3) is 0 Å². The third-order valence-corrected chi connectivity index (χ3v) is 3.14. The molecular formula is C17H27N. The van der Waals surface area contributed by atoms with E-state index in [1.165, 1.54) is 16.8 Å². The standard InChI is InChI=1S/C17H27N/c1-12(2)10-11-18-17-15(13(3)4)8-7-9-16(17)14(5)6/h7-9,11-14H,10H2,1-6H3. The van der Waals surface area contributed by atoms with Crippen molar-refractivity contribution in [3.8, 4) is 0 Å². The molecule has 0 radical (unpaired) electrons. The number of para-hydroxylation sites is 1. The van der Waals surface area contributed by atoms with Crippen LogP contribution in [0.25, 0.3) is 0 Å². The Morgan fingerprint density at radius 2 is 1.44 bits per heavy atom. The van der Waals surface area contributed by atoms with Crippen LogP contribution in [0.4, 0.5) is 5.69 Å². The van der Waals surface area contributed by atoms with E-state index in [1.807, 2.05) is 0 Å². The predicted molar refractivity (Wildman–Crippen MR) is 82.2 cm³/mol. The molecule has 0 spiro atoms. The second-order valence-corrected chi connectivity index (χ2v) is 6.04. The van der Waals surface area contributed by atoms with Crippen LogP contribution in [-0.4, -0.2) is 6.21 Å². The Hall–Kier alpha value is -1.11. The molecule has 0 unspecified atom stereocenters. The third-order valence-electron chi connectivity index (χ3n) is 3.14. The molecular weight excluding hydrogens is 218 g/mol. The highest BCUT2D eigenvalue weighted by atomic mass is 14.7. The number of aliphatic imine (C=N–C) groups is 1. The van der Waals surface area contributed by atoms with Crippen LogP contribution >= 0.6 is 0 Å². The highest BCUT2D eigenvalue weighted by Crippen LogP contribution is 2.34. The molecule has 0 aliphatic heterocycles. The summed E-state index contributed by atoms with van der Waals surface area (Å²) < 4.78 is 0. The lowest BCUT2D eigenvalue weighted by atomic mass is 9.93. The van der Waals surface area contributed by atoms with E-state index >= 15 is 0 Å². The topological polar surface area (TPSA) is 12.4 Å². The lowest BCUT2D eigenvalue weighted by Gasteiger charge is -2.16. The lowest BCUT2D eigenvalue weighted by Crippen LogP contribution is -1.96. The molecule has 1 rings (SSSR count). The van der Waals surface area contributed by atoms with E-state index in [2.05, 4.69) is 66.0 Å². The van der Waals surface area contributed by atoms with E-state index in [0.717, 1.165) is 6.42 Å². The van der Waals surface area contributed by atoms with Gasteiger partial charge in [-0.1, -0.05) is 59.7 Å². The fourth-order valence-corrected chi connectivity index (χ4v) is 2.02. The van der Waals surface area contributed by atoms with Crippen LogP contribution < -0.4 is 0 Å². The van der Waals surface area contributed by atoms with Gasteiger partial charge in [-0.25, -0.2) is 0 Å². The minimum atomic E-state index is 0.523. The Morgan fingerprint density at radius 3 is 1.83 bits per heavy atom. The van der Waals surface area contributed by atoms with Gasteiger partial charge in [0.2, 0.25) is 0 Å². The van der Waals surface area contributed by atoms with Crippen molar-refractivity contribution in [1.82, 2.24) is 0 Å². The first-order chi connectivity index (χ1) is 8.43. The zero-order valence-corrected chi connectivity index (χ0v) is 12.7. The molecule has 18 heavy (non-hydrogen) atoms. The van der Waals surface area contributed by atoms with E-state index in [1.54, 1.807) is 0 Å². The molecule has 0 saturated carbocycles. The minimum absolute atomic E-state index is 0.523. The van der Waals surface area contributed by atoms with Gasteiger partial charge in [0.15, 0.2) is 0 Å². The largest absolute Gasteiger partial charge is 0.261 e. The van der Waals surface area contributed by atoms with Gasteiger partial charge in [-0.3, -0.25) is 4.99 Å². The van der Waals surface area contributed by atoms with E-state index in [4.69, 9.17) is 4.99 Å². The van der Waals surface area contributed by atoms with E-state index in [-0.39, 0.29) is 0 Å². The number of nitrogens with zero attached hydrogens (tertiary/aromatic N) is 1. The van der Waals surface area contributed by atoms with Crippen molar-refractivity contribution in [3.63, 3.8) is 0 Å². The van der Waals surface area contributed by atoms with Crippen LogP contribution in [0.1, 0.15) is 70.9 Å². The third kappa shape index (κ3) is 3.97. The molecule has 1 heteroatoms. The zero-order chi connectivity index (χ0) is 13.7. The summed E-state index contributed by atoms with van der Waals surface area (Å²) in [5.41, 5.74) is 3.92. The number of hydrogen-bond donors (Lipinski definition) is 0. The van der Waals surface area contributed by atoms with Crippen LogP contribution in [0.15, 0.2) is 23.2 Å². The van der Waals surface area contributed by atoms with Gasteiger partial charge < -0.3 is 0 Å². The van der Waals surface area contributed by atoms with Crippen molar-refractivity contribution in [2.24, 2.45) is 10.9 Å². The minimum Gasteiger partial charge on any atom is -0.261 e. The molecule has 0 saturated heterocycles. The monoisotopic (exact) mass is 245 g/mol. The summed E-state index contributed by atoms with van der Waals surface area (Å²) in [7, 11) is 0. The lowest BCUT2D eigenvalue weighted by molar-refractivity contribution is 0.690. The first-order valence-electron chi connectivity index (χ1n) is 7.08. The Balaban J connectivity index is 3.14. The molecule has 0 amide bonds. The van der Waals surface area contributed by atoms with Gasteiger partial charge in [-0.05, 0) is 35.3 Å². The molecule has 1 aromatic rings. The van der Waals surface area contributed by atoms with Gasteiger partial charge in [0, 0.05) is 6.21 Å². The van der Waals surface area contributed by atoms with Crippen molar-refractivity contribution >= 4 is 11.9 Å². The summed E-state index contributed by atoms with van der Waals surface area (Å²) in [6, 6.07) is 6.57. The van der Waals surface area contributed by atoms with E-state index in [0.29, 0.717) is 17.8 Å². The molecule has 0 aromatic heterocycles. The Bertz CT molecular complexity index is 374. The highest BCUT2D eigenvalue weighted by molar-refractivity contribution is 5.68. The second-order valence-electron chi connectivity index (χ2n) is 6.04. The van der Waals surface area contributed by atoms with Crippen LogP contribution in [0.3, 0.4) is 0 Å². The summed E-state index contributed by atoms with van der Waals surface area (Å²) in [6.45, 7) is 13.4. The maximum absolute atomic E-state index is 4.76. The van der Waals surface area contributed by atoms with E-state index in [9.17, 15) is 0 Å². The number of rotatable bonds is 5. The Morgan fingerprint density at radius 1 is 0.944 bits per heavy atom. The van der Waals surface area contributed by atoms with Crippen molar-refractivity contribution in [3.05, 3.63) is 29.3 Å². The molecule has 100 valence electrons. The normalized spacial score (nSPS) is 12.3. The van der Waals surface area contributed by atoms with Gasteiger partial charge in [0.05, 0.1) is 5.69 Å². The summed E-state index contributed by atoms with van der Waals surface area (Å²) in [5.74, 6) is 1.72. The fourth-order valence-electron chi connectivity index (χ4n) is 2.02. The summed E-state index contributed by atoms with van der Waals surface area (Å²) in [5, 5.41) is 0.